The molecule has 0 heterocycles. The van der Waals surface area contributed by atoms with Gasteiger partial charge in [0.15, 0.2) is 0 Å². The molecule has 0 aliphatic rings. The van der Waals surface area contributed by atoms with E-state index in [1.54, 1.807) is 0 Å². The summed E-state index contributed by atoms with van der Waals surface area (Å²) in [7, 11) is 0. The van der Waals surface area contributed by atoms with E-state index in [4.69, 9.17) is 9.47 Å². The molecule has 2 nitrogen and oxygen atoms in total. The standard InChI is InChI=1S/C32H32O2/c1-3-5-6-7-22-34-31-19-16-28(17-20-31)27-13-10-25(11-14-27)8-9-26-12-15-30-24-32(33-4-2)21-18-29(30)23-26/h10-21,23-24H,3-7,22H2,1-2H3. The maximum atomic E-state index is 5.86. The number of hydrogen-bond acceptors (Lipinski definition) is 2. The molecule has 0 atom stereocenters. The van der Waals surface area contributed by atoms with Crippen molar-refractivity contribution in [2.45, 2.75) is 39.5 Å². The largest absolute Gasteiger partial charge is 0.494 e. The molecule has 0 spiro atoms. The molecule has 0 bridgehead atoms. The van der Waals surface area contributed by atoms with E-state index in [0.717, 1.165) is 41.0 Å². The summed E-state index contributed by atoms with van der Waals surface area (Å²) < 4.78 is 11.4. The number of rotatable bonds is 9. The molecule has 0 aliphatic carbocycles. The molecular formula is C32H32O2. The van der Waals surface area contributed by atoms with Gasteiger partial charge in [-0.3, -0.25) is 0 Å². The van der Waals surface area contributed by atoms with E-state index in [2.05, 4.69) is 97.6 Å². The minimum absolute atomic E-state index is 0.673. The SMILES string of the molecule is CCCCCCOc1ccc(-c2ccc(C#Cc3ccc4cc(OCC)ccc4c3)cc2)cc1. The van der Waals surface area contributed by atoms with Gasteiger partial charge in [0.05, 0.1) is 13.2 Å². The normalized spacial score (nSPS) is 10.5. The van der Waals surface area contributed by atoms with Crippen LogP contribution in [0.3, 0.4) is 0 Å². The predicted octanol–water partition coefficient (Wildman–Crippen LogP) is 8.26. The van der Waals surface area contributed by atoms with Gasteiger partial charge in [0.1, 0.15) is 11.5 Å². The van der Waals surface area contributed by atoms with Crippen LogP contribution in [0.2, 0.25) is 0 Å². The van der Waals surface area contributed by atoms with Crippen LogP contribution in [-0.2, 0) is 0 Å². The van der Waals surface area contributed by atoms with Gasteiger partial charge >= 0.3 is 0 Å². The van der Waals surface area contributed by atoms with Crippen LogP contribution in [0.5, 0.6) is 11.5 Å². The van der Waals surface area contributed by atoms with Gasteiger partial charge in [0.2, 0.25) is 0 Å². The highest BCUT2D eigenvalue weighted by Crippen LogP contribution is 2.24. The van der Waals surface area contributed by atoms with Crippen molar-refractivity contribution >= 4 is 10.8 Å². The van der Waals surface area contributed by atoms with Gasteiger partial charge in [-0.1, -0.05) is 74.4 Å². The van der Waals surface area contributed by atoms with Crippen molar-refractivity contribution in [1.29, 1.82) is 0 Å². The highest BCUT2D eigenvalue weighted by molar-refractivity contribution is 5.85. The molecule has 4 rings (SSSR count). The summed E-state index contributed by atoms with van der Waals surface area (Å²) in [6, 6.07) is 29.2. The first-order chi connectivity index (χ1) is 16.7. The minimum Gasteiger partial charge on any atom is -0.494 e. The van der Waals surface area contributed by atoms with E-state index in [1.165, 1.54) is 35.8 Å². The van der Waals surface area contributed by atoms with Crippen LogP contribution >= 0.6 is 0 Å². The summed E-state index contributed by atoms with van der Waals surface area (Å²) in [5, 5.41) is 2.33. The third kappa shape index (κ3) is 6.42. The smallest absolute Gasteiger partial charge is 0.119 e. The van der Waals surface area contributed by atoms with Crippen LogP contribution in [0.1, 0.15) is 50.7 Å². The first-order valence-corrected chi connectivity index (χ1v) is 12.3. The van der Waals surface area contributed by atoms with Crippen LogP contribution in [0.15, 0.2) is 84.9 Å². The molecule has 34 heavy (non-hydrogen) atoms. The average molecular weight is 449 g/mol. The maximum Gasteiger partial charge on any atom is 0.119 e. The molecule has 0 aliphatic heterocycles. The predicted molar refractivity (Wildman–Crippen MR) is 143 cm³/mol. The molecule has 0 aromatic heterocycles. The van der Waals surface area contributed by atoms with Crippen molar-refractivity contribution in [1.82, 2.24) is 0 Å². The second-order valence-electron chi connectivity index (χ2n) is 8.42. The van der Waals surface area contributed by atoms with Gasteiger partial charge in [0, 0.05) is 11.1 Å². The Morgan fingerprint density at radius 2 is 1.18 bits per heavy atom. The third-order valence-electron chi connectivity index (χ3n) is 5.81. The highest BCUT2D eigenvalue weighted by atomic mass is 16.5. The van der Waals surface area contributed by atoms with Crippen molar-refractivity contribution in [2.75, 3.05) is 13.2 Å². The van der Waals surface area contributed by atoms with E-state index >= 15 is 0 Å². The van der Waals surface area contributed by atoms with Crippen LogP contribution in [-0.4, -0.2) is 13.2 Å². The van der Waals surface area contributed by atoms with Crippen LogP contribution in [0.25, 0.3) is 21.9 Å². The molecule has 4 aromatic rings. The number of fused-ring (bicyclic) bond motifs is 1. The Morgan fingerprint density at radius 3 is 1.91 bits per heavy atom. The lowest BCUT2D eigenvalue weighted by Crippen LogP contribution is -1.96. The monoisotopic (exact) mass is 448 g/mol. The fourth-order valence-electron chi connectivity index (χ4n) is 3.91. The lowest BCUT2D eigenvalue weighted by Gasteiger charge is -2.07. The molecule has 0 fully saturated rings. The van der Waals surface area contributed by atoms with Crippen molar-refractivity contribution in [2.24, 2.45) is 0 Å². The molecule has 0 saturated heterocycles. The highest BCUT2D eigenvalue weighted by Gasteiger charge is 2.01. The molecule has 0 saturated carbocycles. The Bertz CT molecular complexity index is 1260. The Hall–Kier alpha value is -3.70. The van der Waals surface area contributed by atoms with Gasteiger partial charge in [-0.2, -0.15) is 0 Å². The minimum atomic E-state index is 0.673. The Morgan fingerprint density at radius 1 is 0.559 bits per heavy atom. The topological polar surface area (TPSA) is 18.5 Å². The zero-order valence-corrected chi connectivity index (χ0v) is 20.1. The lowest BCUT2D eigenvalue weighted by molar-refractivity contribution is 0.305. The average Bonchev–Trinajstić information content (AvgIpc) is 2.88. The Balaban J connectivity index is 1.38. The Labute approximate surface area is 203 Å². The molecule has 0 radical (unpaired) electrons. The molecule has 4 aromatic carbocycles. The van der Waals surface area contributed by atoms with Crippen molar-refractivity contribution in [3.8, 4) is 34.5 Å². The molecular weight excluding hydrogens is 416 g/mol. The van der Waals surface area contributed by atoms with Crippen molar-refractivity contribution < 1.29 is 9.47 Å². The number of benzene rings is 4. The fraction of sp³-hybridized carbons (Fsp3) is 0.250. The van der Waals surface area contributed by atoms with Gasteiger partial charge in [-0.15, -0.1) is 0 Å². The van der Waals surface area contributed by atoms with E-state index in [-0.39, 0.29) is 0 Å². The summed E-state index contributed by atoms with van der Waals surface area (Å²) in [6.45, 7) is 5.69. The number of ether oxygens (including phenoxy) is 2. The summed E-state index contributed by atoms with van der Waals surface area (Å²) >= 11 is 0. The second kappa shape index (κ2) is 12.0. The van der Waals surface area contributed by atoms with E-state index in [1.807, 2.05) is 13.0 Å². The molecule has 0 N–H and O–H groups in total. The zero-order chi connectivity index (χ0) is 23.6. The van der Waals surface area contributed by atoms with Crippen LogP contribution in [0, 0.1) is 11.8 Å². The van der Waals surface area contributed by atoms with Crippen LogP contribution in [0.4, 0.5) is 0 Å². The van der Waals surface area contributed by atoms with E-state index in [0.29, 0.717) is 6.61 Å². The van der Waals surface area contributed by atoms with Crippen molar-refractivity contribution in [3.05, 3.63) is 96.1 Å². The summed E-state index contributed by atoms with van der Waals surface area (Å²) in [5.74, 6) is 8.42. The maximum absolute atomic E-state index is 5.86. The van der Waals surface area contributed by atoms with Gasteiger partial charge in [0.25, 0.3) is 0 Å². The first-order valence-electron chi connectivity index (χ1n) is 12.3. The number of hydrogen-bond donors (Lipinski definition) is 0. The molecule has 172 valence electrons. The molecule has 0 unspecified atom stereocenters. The fourth-order valence-corrected chi connectivity index (χ4v) is 3.91. The second-order valence-corrected chi connectivity index (χ2v) is 8.42. The van der Waals surface area contributed by atoms with Gasteiger partial charge < -0.3 is 9.47 Å². The molecule has 0 amide bonds. The summed E-state index contributed by atoms with van der Waals surface area (Å²) in [5.41, 5.74) is 4.36. The lowest BCUT2D eigenvalue weighted by atomic mass is 10.0. The van der Waals surface area contributed by atoms with E-state index < -0.39 is 0 Å². The van der Waals surface area contributed by atoms with Crippen LogP contribution < -0.4 is 9.47 Å². The third-order valence-corrected chi connectivity index (χ3v) is 5.81. The van der Waals surface area contributed by atoms with Crippen molar-refractivity contribution in [3.63, 3.8) is 0 Å². The summed E-state index contributed by atoms with van der Waals surface area (Å²) in [4.78, 5) is 0. The quantitative estimate of drug-likeness (QED) is 0.189. The molecule has 2 heteroatoms. The Kier molecular flexibility index (Phi) is 8.25. The van der Waals surface area contributed by atoms with Gasteiger partial charge in [-0.05, 0) is 83.8 Å². The van der Waals surface area contributed by atoms with Gasteiger partial charge in [-0.25, -0.2) is 0 Å². The van der Waals surface area contributed by atoms with E-state index in [9.17, 15) is 0 Å². The number of unbranched alkanes of at least 4 members (excludes halogenated alkanes) is 3. The zero-order valence-electron chi connectivity index (χ0n) is 20.1. The first kappa shape index (κ1) is 23.5. The summed E-state index contributed by atoms with van der Waals surface area (Å²) in [6.07, 6.45) is 4.88.